The van der Waals surface area contributed by atoms with Gasteiger partial charge in [-0.2, -0.15) is 0 Å². The van der Waals surface area contributed by atoms with Crippen molar-refractivity contribution in [1.82, 2.24) is 4.90 Å². The third kappa shape index (κ3) is 3.72. The lowest BCUT2D eigenvalue weighted by molar-refractivity contribution is 0.0814. The van der Waals surface area contributed by atoms with Crippen LogP contribution in [0.25, 0.3) is 0 Å². The molecule has 2 unspecified atom stereocenters. The summed E-state index contributed by atoms with van der Waals surface area (Å²) in [6.45, 7) is 7.65. The minimum Gasteiger partial charge on any atom is -0.395 e. The van der Waals surface area contributed by atoms with Crippen molar-refractivity contribution in [2.75, 3.05) is 26.2 Å². The number of aliphatic hydroxyl groups excluding tert-OH is 1. The topological polar surface area (TPSA) is 49.5 Å². The molecule has 1 heterocycles. The summed E-state index contributed by atoms with van der Waals surface area (Å²) in [5.41, 5.74) is 6.08. The van der Waals surface area contributed by atoms with E-state index in [4.69, 9.17) is 5.73 Å². The lowest BCUT2D eigenvalue weighted by atomic mass is 9.86. The molecule has 2 atom stereocenters. The minimum absolute atomic E-state index is 0.206. The third-order valence-electron chi connectivity index (χ3n) is 4.14. The molecule has 0 aromatic carbocycles. The standard InChI is InChI=1S/C13H28N2O/c1-3-13(2,10-14)11-15-8-6-4-5-7-12(15)9-16/h12,16H,3-11,14H2,1-2H3. The van der Waals surface area contributed by atoms with Crippen LogP contribution in [0.4, 0.5) is 0 Å². The van der Waals surface area contributed by atoms with E-state index in [1.807, 2.05) is 0 Å². The minimum atomic E-state index is 0.206. The molecule has 0 aliphatic carbocycles. The maximum atomic E-state index is 9.46. The highest BCUT2D eigenvalue weighted by Crippen LogP contribution is 2.25. The van der Waals surface area contributed by atoms with Crippen molar-refractivity contribution in [2.45, 2.75) is 52.0 Å². The molecule has 0 aromatic heterocycles. The molecule has 3 nitrogen and oxygen atoms in total. The maximum Gasteiger partial charge on any atom is 0.0586 e. The van der Waals surface area contributed by atoms with Gasteiger partial charge in [-0.05, 0) is 37.8 Å². The van der Waals surface area contributed by atoms with Gasteiger partial charge in [0.1, 0.15) is 0 Å². The van der Waals surface area contributed by atoms with Gasteiger partial charge in [-0.25, -0.2) is 0 Å². The first-order chi connectivity index (χ1) is 7.65. The number of hydrogen-bond donors (Lipinski definition) is 2. The van der Waals surface area contributed by atoms with Crippen molar-refractivity contribution in [3.63, 3.8) is 0 Å². The molecular weight excluding hydrogens is 200 g/mol. The van der Waals surface area contributed by atoms with Gasteiger partial charge in [-0.3, -0.25) is 4.90 Å². The van der Waals surface area contributed by atoms with Gasteiger partial charge < -0.3 is 10.8 Å². The molecule has 1 rings (SSSR count). The zero-order chi connectivity index (χ0) is 12.0. The molecule has 0 spiro atoms. The molecule has 16 heavy (non-hydrogen) atoms. The Labute approximate surface area is 100 Å². The Balaban J connectivity index is 2.60. The van der Waals surface area contributed by atoms with Crippen molar-refractivity contribution < 1.29 is 5.11 Å². The van der Waals surface area contributed by atoms with Crippen molar-refractivity contribution in [3.8, 4) is 0 Å². The van der Waals surface area contributed by atoms with E-state index >= 15 is 0 Å². The monoisotopic (exact) mass is 228 g/mol. The van der Waals surface area contributed by atoms with Gasteiger partial charge >= 0.3 is 0 Å². The van der Waals surface area contributed by atoms with Gasteiger partial charge in [0.2, 0.25) is 0 Å². The molecule has 0 saturated carbocycles. The lowest BCUT2D eigenvalue weighted by Crippen LogP contribution is -2.46. The Morgan fingerprint density at radius 3 is 2.69 bits per heavy atom. The Morgan fingerprint density at radius 2 is 2.12 bits per heavy atom. The second-order valence-electron chi connectivity index (χ2n) is 5.52. The molecule has 3 heteroatoms. The Morgan fingerprint density at radius 1 is 1.38 bits per heavy atom. The van der Waals surface area contributed by atoms with E-state index in [0.717, 1.165) is 32.5 Å². The van der Waals surface area contributed by atoms with Crippen LogP contribution < -0.4 is 5.73 Å². The van der Waals surface area contributed by atoms with Crippen molar-refractivity contribution in [2.24, 2.45) is 11.1 Å². The van der Waals surface area contributed by atoms with Crippen LogP contribution in [0.1, 0.15) is 46.0 Å². The van der Waals surface area contributed by atoms with Crippen LogP contribution in [-0.4, -0.2) is 42.3 Å². The summed E-state index contributed by atoms with van der Waals surface area (Å²) in [7, 11) is 0. The number of aliphatic hydroxyl groups is 1. The highest BCUT2D eigenvalue weighted by molar-refractivity contribution is 4.83. The summed E-state index contributed by atoms with van der Waals surface area (Å²) in [4.78, 5) is 2.46. The Kier molecular flexibility index (Phi) is 5.73. The van der Waals surface area contributed by atoms with Gasteiger partial charge in [-0.1, -0.05) is 26.7 Å². The molecule has 3 N–H and O–H groups in total. The van der Waals surface area contributed by atoms with Crippen molar-refractivity contribution in [3.05, 3.63) is 0 Å². The molecule has 0 aromatic rings. The summed E-state index contributed by atoms with van der Waals surface area (Å²) >= 11 is 0. The van der Waals surface area contributed by atoms with Crippen LogP contribution >= 0.6 is 0 Å². The normalized spacial score (nSPS) is 27.4. The van der Waals surface area contributed by atoms with E-state index in [1.165, 1.54) is 19.3 Å². The number of nitrogens with zero attached hydrogens (tertiary/aromatic N) is 1. The van der Waals surface area contributed by atoms with E-state index in [-0.39, 0.29) is 5.41 Å². The predicted molar refractivity (Wildman–Crippen MR) is 68.4 cm³/mol. The Bertz CT molecular complexity index is 192. The zero-order valence-corrected chi connectivity index (χ0v) is 10.9. The first-order valence-corrected chi connectivity index (χ1v) is 6.70. The third-order valence-corrected chi connectivity index (χ3v) is 4.14. The van der Waals surface area contributed by atoms with Crippen LogP contribution in [-0.2, 0) is 0 Å². The van der Waals surface area contributed by atoms with Gasteiger partial charge in [0.15, 0.2) is 0 Å². The van der Waals surface area contributed by atoms with Crippen molar-refractivity contribution in [1.29, 1.82) is 0 Å². The average molecular weight is 228 g/mol. The summed E-state index contributed by atoms with van der Waals surface area (Å²) in [5.74, 6) is 0. The zero-order valence-electron chi connectivity index (χ0n) is 10.9. The summed E-state index contributed by atoms with van der Waals surface area (Å²) < 4.78 is 0. The summed E-state index contributed by atoms with van der Waals surface area (Å²) in [5, 5.41) is 9.46. The summed E-state index contributed by atoms with van der Waals surface area (Å²) in [6.07, 6.45) is 6.07. The number of likely N-dealkylation sites (tertiary alicyclic amines) is 1. The van der Waals surface area contributed by atoms with Crippen LogP contribution in [0, 0.1) is 5.41 Å². The smallest absolute Gasteiger partial charge is 0.0586 e. The first kappa shape index (κ1) is 13.9. The highest BCUT2D eigenvalue weighted by atomic mass is 16.3. The van der Waals surface area contributed by atoms with E-state index < -0.39 is 0 Å². The van der Waals surface area contributed by atoms with Gasteiger partial charge in [0.25, 0.3) is 0 Å². The van der Waals surface area contributed by atoms with Gasteiger partial charge in [0, 0.05) is 12.6 Å². The van der Waals surface area contributed by atoms with E-state index in [1.54, 1.807) is 0 Å². The fourth-order valence-corrected chi connectivity index (χ4v) is 2.46. The quantitative estimate of drug-likeness (QED) is 0.751. The van der Waals surface area contributed by atoms with Crippen LogP contribution in [0.3, 0.4) is 0 Å². The van der Waals surface area contributed by atoms with Gasteiger partial charge in [-0.15, -0.1) is 0 Å². The maximum absolute atomic E-state index is 9.46. The lowest BCUT2D eigenvalue weighted by Gasteiger charge is -2.37. The van der Waals surface area contributed by atoms with Crippen LogP contribution in [0.2, 0.25) is 0 Å². The summed E-state index contributed by atoms with van der Waals surface area (Å²) in [6, 6.07) is 0.361. The molecule has 1 fully saturated rings. The molecule has 0 bridgehead atoms. The Hall–Kier alpha value is -0.120. The van der Waals surface area contributed by atoms with Gasteiger partial charge in [0.05, 0.1) is 6.61 Å². The first-order valence-electron chi connectivity index (χ1n) is 6.70. The predicted octanol–water partition coefficient (Wildman–Crippen LogP) is 1.60. The van der Waals surface area contributed by atoms with Crippen molar-refractivity contribution >= 4 is 0 Å². The molecule has 1 aliphatic rings. The second kappa shape index (κ2) is 6.58. The van der Waals surface area contributed by atoms with Crippen LogP contribution in [0.15, 0.2) is 0 Å². The molecule has 1 saturated heterocycles. The fourth-order valence-electron chi connectivity index (χ4n) is 2.46. The SMILES string of the molecule is CCC(C)(CN)CN1CCCCCC1CO. The van der Waals surface area contributed by atoms with Crippen LogP contribution in [0.5, 0.6) is 0 Å². The molecule has 0 amide bonds. The largest absolute Gasteiger partial charge is 0.395 e. The molecule has 96 valence electrons. The molecule has 1 aliphatic heterocycles. The molecule has 0 radical (unpaired) electrons. The number of hydrogen-bond acceptors (Lipinski definition) is 3. The van der Waals surface area contributed by atoms with E-state index in [2.05, 4.69) is 18.7 Å². The van der Waals surface area contributed by atoms with E-state index in [0.29, 0.717) is 12.6 Å². The highest BCUT2D eigenvalue weighted by Gasteiger charge is 2.28. The van der Waals surface area contributed by atoms with E-state index in [9.17, 15) is 5.11 Å². The average Bonchev–Trinajstić information content (AvgIpc) is 2.54. The number of rotatable bonds is 5. The number of nitrogens with two attached hydrogens (primary N) is 1. The fraction of sp³-hybridized carbons (Fsp3) is 1.00. The molecular formula is C13H28N2O. The second-order valence-corrected chi connectivity index (χ2v) is 5.52.